The molecule has 6 heteroatoms. The Labute approximate surface area is 112 Å². The third-order valence-corrected chi connectivity index (χ3v) is 3.29. The molecule has 1 aliphatic rings. The zero-order chi connectivity index (χ0) is 13.2. The molecule has 6 nitrogen and oxygen atoms in total. The third-order valence-electron chi connectivity index (χ3n) is 3.29. The molecule has 0 amide bonds. The van der Waals surface area contributed by atoms with E-state index in [0.717, 1.165) is 24.6 Å². The smallest absolute Gasteiger partial charge is 0.188 e. The second kappa shape index (κ2) is 4.97. The number of aryl methyl sites for hydroxylation is 1. The van der Waals surface area contributed by atoms with E-state index in [0.29, 0.717) is 6.04 Å². The van der Waals surface area contributed by atoms with E-state index in [9.17, 15) is 0 Å². The standard InChI is InChI=1S/C13H18N6/c1-18-16-13(15-17-18)9-19(12-5-6-12)8-10-3-2-4-11(14)7-10/h2-4,7,12H,5-6,8-9,14H2,1H3. The first-order valence-corrected chi connectivity index (χ1v) is 6.52. The number of rotatable bonds is 5. The van der Waals surface area contributed by atoms with Crippen molar-refractivity contribution in [2.24, 2.45) is 7.05 Å². The van der Waals surface area contributed by atoms with Crippen molar-refractivity contribution in [1.82, 2.24) is 25.1 Å². The van der Waals surface area contributed by atoms with Crippen molar-refractivity contribution in [2.75, 3.05) is 5.73 Å². The van der Waals surface area contributed by atoms with Crippen molar-refractivity contribution in [3.8, 4) is 0 Å². The molecule has 1 aromatic heterocycles. The number of tetrazole rings is 1. The second-order valence-electron chi connectivity index (χ2n) is 5.08. The third kappa shape index (κ3) is 3.08. The van der Waals surface area contributed by atoms with E-state index in [4.69, 9.17) is 5.73 Å². The highest BCUT2D eigenvalue weighted by Gasteiger charge is 2.29. The van der Waals surface area contributed by atoms with Crippen molar-refractivity contribution in [1.29, 1.82) is 0 Å². The first kappa shape index (κ1) is 12.1. The monoisotopic (exact) mass is 258 g/mol. The molecule has 0 atom stereocenters. The molecule has 1 aliphatic carbocycles. The second-order valence-corrected chi connectivity index (χ2v) is 5.08. The van der Waals surface area contributed by atoms with Gasteiger partial charge in [-0.05, 0) is 35.8 Å². The van der Waals surface area contributed by atoms with Gasteiger partial charge in [0.2, 0.25) is 0 Å². The van der Waals surface area contributed by atoms with E-state index in [2.05, 4.69) is 26.4 Å². The van der Waals surface area contributed by atoms with E-state index in [1.807, 2.05) is 18.2 Å². The quantitative estimate of drug-likeness (QED) is 0.809. The summed E-state index contributed by atoms with van der Waals surface area (Å²) in [5.74, 6) is 0.776. The van der Waals surface area contributed by atoms with Gasteiger partial charge in [0.05, 0.1) is 13.6 Å². The number of anilines is 1. The zero-order valence-corrected chi connectivity index (χ0v) is 11.0. The molecule has 2 N–H and O–H groups in total. The summed E-state index contributed by atoms with van der Waals surface area (Å²) >= 11 is 0. The summed E-state index contributed by atoms with van der Waals surface area (Å²) in [6, 6.07) is 8.69. The molecule has 100 valence electrons. The van der Waals surface area contributed by atoms with Gasteiger partial charge in [-0.1, -0.05) is 12.1 Å². The maximum Gasteiger partial charge on any atom is 0.188 e. The summed E-state index contributed by atoms with van der Waals surface area (Å²) in [6.45, 7) is 1.63. The largest absolute Gasteiger partial charge is 0.399 e. The lowest BCUT2D eigenvalue weighted by molar-refractivity contribution is 0.239. The maximum atomic E-state index is 5.83. The first-order valence-electron chi connectivity index (χ1n) is 6.52. The molecule has 0 unspecified atom stereocenters. The Kier molecular flexibility index (Phi) is 3.16. The van der Waals surface area contributed by atoms with Crippen LogP contribution in [0.2, 0.25) is 0 Å². The fraction of sp³-hybridized carbons (Fsp3) is 0.462. The van der Waals surface area contributed by atoms with Crippen LogP contribution in [0.3, 0.4) is 0 Å². The minimum absolute atomic E-state index is 0.644. The van der Waals surface area contributed by atoms with Gasteiger partial charge in [-0.3, -0.25) is 4.90 Å². The highest BCUT2D eigenvalue weighted by molar-refractivity contribution is 5.40. The number of hydrogen-bond donors (Lipinski definition) is 1. The Balaban J connectivity index is 1.71. The van der Waals surface area contributed by atoms with Crippen molar-refractivity contribution < 1.29 is 0 Å². The first-order chi connectivity index (χ1) is 9.20. The Hall–Kier alpha value is -1.95. The normalized spacial score (nSPS) is 15.1. The lowest BCUT2D eigenvalue weighted by atomic mass is 10.2. The number of hydrogen-bond acceptors (Lipinski definition) is 5. The summed E-state index contributed by atoms with van der Waals surface area (Å²) in [7, 11) is 1.79. The molecule has 1 saturated carbocycles. The number of aromatic nitrogens is 4. The van der Waals surface area contributed by atoms with Gasteiger partial charge in [0.25, 0.3) is 0 Å². The highest BCUT2D eigenvalue weighted by atomic mass is 15.6. The lowest BCUT2D eigenvalue weighted by Gasteiger charge is -2.20. The van der Waals surface area contributed by atoms with Crippen molar-refractivity contribution in [3.63, 3.8) is 0 Å². The van der Waals surface area contributed by atoms with Gasteiger partial charge in [0.1, 0.15) is 0 Å². The number of nitrogen functional groups attached to an aromatic ring is 1. The van der Waals surface area contributed by atoms with Gasteiger partial charge in [-0.2, -0.15) is 4.80 Å². The van der Waals surface area contributed by atoms with Crippen molar-refractivity contribution >= 4 is 5.69 Å². The summed E-state index contributed by atoms with van der Waals surface area (Å²) in [5.41, 5.74) is 7.87. The van der Waals surface area contributed by atoms with Crippen LogP contribution in [0.4, 0.5) is 5.69 Å². The predicted molar refractivity (Wildman–Crippen MR) is 71.9 cm³/mol. The average molecular weight is 258 g/mol. The molecule has 1 aromatic carbocycles. The van der Waals surface area contributed by atoms with Crippen LogP contribution < -0.4 is 5.73 Å². The van der Waals surface area contributed by atoms with E-state index in [1.165, 1.54) is 23.2 Å². The summed E-state index contributed by atoms with van der Waals surface area (Å²) in [6.07, 6.45) is 2.51. The van der Waals surface area contributed by atoms with Gasteiger partial charge in [-0.15, -0.1) is 10.2 Å². The number of nitrogens with two attached hydrogens (primary N) is 1. The molecule has 0 spiro atoms. The minimum atomic E-state index is 0.644. The van der Waals surface area contributed by atoms with Crippen LogP contribution in [-0.2, 0) is 20.1 Å². The molecule has 3 rings (SSSR count). The Bertz CT molecular complexity index is 560. The predicted octanol–water partition coefficient (Wildman–Crippen LogP) is 0.957. The molecular weight excluding hydrogens is 240 g/mol. The van der Waals surface area contributed by atoms with E-state index < -0.39 is 0 Å². The highest BCUT2D eigenvalue weighted by Crippen LogP contribution is 2.29. The van der Waals surface area contributed by atoms with Crippen LogP contribution >= 0.6 is 0 Å². The van der Waals surface area contributed by atoms with Crippen LogP contribution in [-0.4, -0.2) is 31.1 Å². The van der Waals surface area contributed by atoms with Crippen LogP contribution in [0, 0.1) is 0 Å². The lowest BCUT2D eigenvalue weighted by Crippen LogP contribution is -2.25. The maximum absolute atomic E-state index is 5.83. The van der Waals surface area contributed by atoms with Gasteiger partial charge in [-0.25, -0.2) is 0 Å². The van der Waals surface area contributed by atoms with Crippen molar-refractivity contribution in [3.05, 3.63) is 35.7 Å². The fourth-order valence-corrected chi connectivity index (χ4v) is 2.25. The van der Waals surface area contributed by atoms with E-state index in [-0.39, 0.29) is 0 Å². The number of benzene rings is 1. The van der Waals surface area contributed by atoms with Gasteiger partial charge in [0, 0.05) is 18.3 Å². The van der Waals surface area contributed by atoms with Crippen LogP contribution in [0.25, 0.3) is 0 Å². The Morgan fingerprint density at radius 1 is 1.37 bits per heavy atom. The average Bonchev–Trinajstić information content (AvgIpc) is 3.13. The van der Waals surface area contributed by atoms with E-state index >= 15 is 0 Å². The zero-order valence-electron chi connectivity index (χ0n) is 11.0. The van der Waals surface area contributed by atoms with Crippen LogP contribution in [0.15, 0.2) is 24.3 Å². The summed E-state index contributed by atoms with van der Waals surface area (Å²) in [5, 5.41) is 12.2. The topological polar surface area (TPSA) is 72.9 Å². The van der Waals surface area contributed by atoms with Crippen LogP contribution in [0.1, 0.15) is 24.2 Å². The van der Waals surface area contributed by atoms with Gasteiger partial charge >= 0.3 is 0 Å². The van der Waals surface area contributed by atoms with Crippen LogP contribution in [0.5, 0.6) is 0 Å². The SMILES string of the molecule is Cn1nnc(CN(Cc2cccc(N)c2)C2CC2)n1. The molecule has 2 aromatic rings. The molecule has 1 fully saturated rings. The molecular formula is C13H18N6. The molecule has 0 saturated heterocycles. The number of nitrogens with zero attached hydrogens (tertiary/aromatic N) is 5. The van der Waals surface area contributed by atoms with Gasteiger partial charge < -0.3 is 5.73 Å². The summed E-state index contributed by atoms with van der Waals surface area (Å²) < 4.78 is 0. The fourth-order valence-electron chi connectivity index (χ4n) is 2.25. The molecule has 19 heavy (non-hydrogen) atoms. The molecule has 0 radical (unpaired) electrons. The molecule has 0 aliphatic heterocycles. The molecule has 0 bridgehead atoms. The van der Waals surface area contributed by atoms with Gasteiger partial charge in [0.15, 0.2) is 5.82 Å². The Morgan fingerprint density at radius 3 is 2.84 bits per heavy atom. The van der Waals surface area contributed by atoms with E-state index in [1.54, 1.807) is 7.05 Å². The summed E-state index contributed by atoms with van der Waals surface area (Å²) in [4.78, 5) is 3.90. The Morgan fingerprint density at radius 2 is 2.21 bits per heavy atom. The molecule has 1 heterocycles. The van der Waals surface area contributed by atoms with Crippen molar-refractivity contribution in [2.45, 2.75) is 32.0 Å². The minimum Gasteiger partial charge on any atom is -0.399 e.